The van der Waals surface area contributed by atoms with Crippen molar-refractivity contribution in [2.75, 3.05) is 14.2 Å². The van der Waals surface area contributed by atoms with Gasteiger partial charge in [0.15, 0.2) is 0 Å². The molecule has 18 heavy (non-hydrogen) atoms. The van der Waals surface area contributed by atoms with E-state index in [4.69, 9.17) is 14.2 Å². The van der Waals surface area contributed by atoms with E-state index in [9.17, 15) is 4.39 Å². The zero-order valence-electron chi connectivity index (χ0n) is 9.88. The molecule has 0 spiro atoms. The van der Waals surface area contributed by atoms with Crippen molar-refractivity contribution >= 4 is 0 Å². The van der Waals surface area contributed by atoms with Crippen molar-refractivity contribution in [1.29, 1.82) is 0 Å². The van der Waals surface area contributed by atoms with Gasteiger partial charge in [0.1, 0.15) is 11.6 Å². The van der Waals surface area contributed by atoms with Crippen molar-refractivity contribution in [3.05, 3.63) is 36.1 Å². The fourth-order valence-corrected chi connectivity index (χ4v) is 1.27. The molecule has 0 aliphatic carbocycles. The third kappa shape index (κ3) is 2.85. The summed E-state index contributed by atoms with van der Waals surface area (Å²) in [5.74, 6) is 0.495. The van der Waals surface area contributed by atoms with Crippen molar-refractivity contribution in [2.45, 2.75) is 0 Å². The van der Waals surface area contributed by atoms with Crippen LogP contribution in [0.5, 0.6) is 23.5 Å². The Balaban J connectivity index is 2.28. The maximum Gasteiger partial charge on any atom is 0.328 e. The largest absolute Gasteiger partial charge is 0.481 e. The van der Waals surface area contributed by atoms with Gasteiger partial charge in [-0.15, -0.1) is 0 Å². The minimum atomic E-state index is -0.401. The molecule has 0 aliphatic heterocycles. The quantitative estimate of drug-likeness (QED) is 0.834. The molecule has 0 saturated carbocycles. The predicted molar refractivity (Wildman–Crippen MR) is 61.6 cm³/mol. The van der Waals surface area contributed by atoms with Crippen LogP contribution in [-0.4, -0.2) is 24.2 Å². The molecule has 0 bridgehead atoms. The smallest absolute Gasteiger partial charge is 0.328 e. The zero-order valence-corrected chi connectivity index (χ0v) is 9.88. The second-order valence-electron chi connectivity index (χ2n) is 3.29. The summed E-state index contributed by atoms with van der Waals surface area (Å²) in [5, 5.41) is 0. The highest BCUT2D eigenvalue weighted by Crippen LogP contribution is 2.23. The Morgan fingerprint density at radius 2 is 1.67 bits per heavy atom. The van der Waals surface area contributed by atoms with E-state index < -0.39 is 5.82 Å². The second kappa shape index (κ2) is 5.31. The normalized spacial score (nSPS) is 9.94. The summed E-state index contributed by atoms with van der Waals surface area (Å²) in [4.78, 5) is 7.93. The molecule has 0 unspecified atom stereocenters. The highest BCUT2D eigenvalue weighted by molar-refractivity contribution is 5.28. The highest BCUT2D eigenvalue weighted by Gasteiger charge is 2.07. The molecule has 2 aromatic rings. The number of ether oxygens (including phenoxy) is 3. The first-order valence-corrected chi connectivity index (χ1v) is 5.12. The Hall–Kier alpha value is -2.37. The molecular weight excluding hydrogens is 239 g/mol. The van der Waals surface area contributed by atoms with Crippen LogP contribution in [0, 0.1) is 5.82 Å². The molecule has 2 rings (SSSR count). The molecule has 0 amide bonds. The maximum absolute atomic E-state index is 13.0. The molecule has 0 N–H and O–H groups in total. The van der Waals surface area contributed by atoms with E-state index >= 15 is 0 Å². The van der Waals surface area contributed by atoms with Gasteiger partial charge < -0.3 is 14.2 Å². The number of rotatable bonds is 4. The summed E-state index contributed by atoms with van der Waals surface area (Å²) >= 11 is 0. The number of aromatic nitrogens is 2. The monoisotopic (exact) mass is 250 g/mol. The Bertz CT molecular complexity index is 526. The molecule has 0 atom stereocenters. The lowest BCUT2D eigenvalue weighted by Crippen LogP contribution is -1.98. The number of hydrogen-bond donors (Lipinski definition) is 0. The highest BCUT2D eigenvalue weighted by atomic mass is 19.1. The lowest BCUT2D eigenvalue weighted by molar-refractivity contribution is 0.347. The molecule has 94 valence electrons. The van der Waals surface area contributed by atoms with Gasteiger partial charge in [0.25, 0.3) is 0 Å². The van der Waals surface area contributed by atoms with E-state index in [-0.39, 0.29) is 6.01 Å². The number of nitrogens with zero attached hydrogens (tertiary/aromatic N) is 2. The summed E-state index contributed by atoms with van der Waals surface area (Å²) in [6.45, 7) is 0. The first-order valence-electron chi connectivity index (χ1n) is 5.12. The Morgan fingerprint density at radius 3 is 2.22 bits per heavy atom. The average Bonchev–Trinajstić information content (AvgIpc) is 2.38. The number of hydrogen-bond acceptors (Lipinski definition) is 5. The van der Waals surface area contributed by atoms with Crippen LogP contribution in [0.2, 0.25) is 0 Å². The van der Waals surface area contributed by atoms with Crippen molar-refractivity contribution in [3.8, 4) is 23.5 Å². The molecule has 0 aliphatic rings. The van der Waals surface area contributed by atoms with Crippen molar-refractivity contribution in [2.24, 2.45) is 0 Å². The zero-order chi connectivity index (χ0) is 13.0. The minimum Gasteiger partial charge on any atom is -0.481 e. The van der Waals surface area contributed by atoms with Crippen LogP contribution in [0.15, 0.2) is 30.3 Å². The van der Waals surface area contributed by atoms with Crippen LogP contribution in [-0.2, 0) is 0 Å². The van der Waals surface area contributed by atoms with Crippen molar-refractivity contribution < 1.29 is 18.6 Å². The van der Waals surface area contributed by atoms with Crippen LogP contribution in [0.1, 0.15) is 0 Å². The first kappa shape index (κ1) is 12.1. The molecule has 6 heteroatoms. The Morgan fingerprint density at radius 1 is 1.00 bits per heavy atom. The summed E-state index contributed by atoms with van der Waals surface area (Å²) in [5.41, 5.74) is 0. The van der Waals surface area contributed by atoms with Crippen LogP contribution in [0.4, 0.5) is 4.39 Å². The van der Waals surface area contributed by atoms with E-state index in [1.807, 2.05) is 0 Å². The van der Waals surface area contributed by atoms with Crippen LogP contribution in [0.3, 0.4) is 0 Å². The SMILES string of the molecule is COc1cc(OC)nc(Oc2cccc(F)c2)n1. The van der Waals surface area contributed by atoms with Gasteiger partial charge in [-0.05, 0) is 12.1 Å². The number of halogens is 1. The molecule has 5 nitrogen and oxygen atoms in total. The van der Waals surface area contributed by atoms with Gasteiger partial charge in [0.2, 0.25) is 11.8 Å². The summed E-state index contributed by atoms with van der Waals surface area (Å²) in [7, 11) is 2.93. The summed E-state index contributed by atoms with van der Waals surface area (Å²) < 4.78 is 28.3. The average molecular weight is 250 g/mol. The molecular formula is C12H11FN2O3. The fourth-order valence-electron chi connectivity index (χ4n) is 1.27. The van der Waals surface area contributed by atoms with Gasteiger partial charge in [-0.1, -0.05) is 6.07 Å². The number of methoxy groups -OCH3 is 2. The van der Waals surface area contributed by atoms with Crippen LogP contribution >= 0.6 is 0 Å². The van der Waals surface area contributed by atoms with E-state index in [1.54, 1.807) is 6.07 Å². The third-order valence-corrected chi connectivity index (χ3v) is 2.08. The van der Waals surface area contributed by atoms with Gasteiger partial charge in [-0.2, -0.15) is 9.97 Å². The van der Waals surface area contributed by atoms with E-state index in [2.05, 4.69) is 9.97 Å². The first-order chi connectivity index (χ1) is 8.71. The van der Waals surface area contributed by atoms with Gasteiger partial charge in [-0.3, -0.25) is 0 Å². The predicted octanol–water partition coefficient (Wildman–Crippen LogP) is 2.43. The standard InChI is InChI=1S/C12H11FN2O3/c1-16-10-7-11(17-2)15-12(14-10)18-9-5-3-4-8(13)6-9/h3-7H,1-2H3. The lowest BCUT2D eigenvalue weighted by Gasteiger charge is -2.07. The van der Waals surface area contributed by atoms with Crippen molar-refractivity contribution in [1.82, 2.24) is 9.97 Å². The van der Waals surface area contributed by atoms with E-state index in [0.717, 1.165) is 0 Å². The molecule has 1 aromatic heterocycles. The maximum atomic E-state index is 13.0. The molecule has 0 saturated heterocycles. The van der Waals surface area contributed by atoms with Gasteiger partial charge in [0, 0.05) is 6.07 Å². The van der Waals surface area contributed by atoms with Gasteiger partial charge >= 0.3 is 6.01 Å². The van der Waals surface area contributed by atoms with Gasteiger partial charge in [0.05, 0.1) is 20.3 Å². The number of benzene rings is 1. The van der Waals surface area contributed by atoms with Crippen molar-refractivity contribution in [3.63, 3.8) is 0 Å². The van der Waals surface area contributed by atoms with E-state index in [0.29, 0.717) is 17.5 Å². The molecule has 0 radical (unpaired) electrons. The Kier molecular flexibility index (Phi) is 3.57. The second-order valence-corrected chi connectivity index (χ2v) is 3.29. The van der Waals surface area contributed by atoms with Crippen LogP contribution < -0.4 is 14.2 Å². The van der Waals surface area contributed by atoms with E-state index in [1.165, 1.54) is 38.5 Å². The molecule has 1 aromatic carbocycles. The van der Waals surface area contributed by atoms with Gasteiger partial charge in [-0.25, -0.2) is 4.39 Å². The summed E-state index contributed by atoms with van der Waals surface area (Å²) in [6.07, 6.45) is 0. The third-order valence-electron chi connectivity index (χ3n) is 2.08. The fraction of sp³-hybridized carbons (Fsp3) is 0.167. The molecule has 1 heterocycles. The van der Waals surface area contributed by atoms with Crippen LogP contribution in [0.25, 0.3) is 0 Å². The Labute approximate surface area is 103 Å². The lowest BCUT2D eigenvalue weighted by atomic mass is 10.3. The minimum absolute atomic E-state index is 0.0248. The molecule has 0 fully saturated rings. The summed E-state index contributed by atoms with van der Waals surface area (Å²) in [6, 6.07) is 7.21. The topological polar surface area (TPSA) is 53.5 Å².